The molecule has 0 bridgehead atoms. The first-order valence-corrected chi connectivity index (χ1v) is 5.43. The van der Waals surface area contributed by atoms with Gasteiger partial charge in [0.1, 0.15) is 5.82 Å². The van der Waals surface area contributed by atoms with Crippen LogP contribution in [-0.4, -0.2) is 36.3 Å². The van der Waals surface area contributed by atoms with Gasteiger partial charge in [0.05, 0.1) is 30.2 Å². The molecule has 1 aromatic heterocycles. The maximum Gasteiger partial charge on any atom is 0.145 e. The third kappa shape index (κ3) is 3.75. The number of anilines is 1. The smallest absolute Gasteiger partial charge is 0.145 e. The largest absolute Gasteiger partial charge is 0.383 e. The zero-order valence-electron chi connectivity index (χ0n) is 10.2. The molecule has 0 spiro atoms. The zero-order chi connectivity index (χ0) is 12.0. The van der Waals surface area contributed by atoms with Crippen molar-refractivity contribution < 1.29 is 4.74 Å². The average Bonchev–Trinajstić information content (AvgIpc) is 2.24. The van der Waals surface area contributed by atoms with Crippen LogP contribution >= 0.6 is 0 Å². The number of nitrogens with one attached hydrogen (secondary N) is 1. The van der Waals surface area contributed by atoms with Gasteiger partial charge in [-0.25, -0.2) is 4.98 Å². The van der Waals surface area contributed by atoms with Gasteiger partial charge in [-0.15, -0.1) is 0 Å². The van der Waals surface area contributed by atoms with Crippen molar-refractivity contribution in [1.82, 2.24) is 9.97 Å². The molecule has 0 saturated heterocycles. The zero-order valence-corrected chi connectivity index (χ0v) is 10.2. The minimum Gasteiger partial charge on any atom is -0.383 e. The highest BCUT2D eigenvalue weighted by atomic mass is 16.5. The van der Waals surface area contributed by atoms with Crippen molar-refractivity contribution in [2.75, 3.05) is 25.6 Å². The molecule has 1 atom stereocenters. The Balaban J connectivity index is 2.65. The van der Waals surface area contributed by atoms with Gasteiger partial charge in [0.15, 0.2) is 0 Å². The summed E-state index contributed by atoms with van der Waals surface area (Å²) in [6.45, 7) is 5.13. The summed E-state index contributed by atoms with van der Waals surface area (Å²) in [4.78, 5) is 8.66. The van der Waals surface area contributed by atoms with Gasteiger partial charge in [0.25, 0.3) is 0 Å². The Morgan fingerprint density at radius 1 is 1.44 bits per heavy atom. The minimum absolute atomic E-state index is 0.186. The maximum absolute atomic E-state index is 5.54. The minimum atomic E-state index is 0.186. The number of nitrogens with two attached hydrogens (primary N) is 1. The van der Waals surface area contributed by atoms with Crippen LogP contribution in [0.5, 0.6) is 0 Å². The molecule has 1 aromatic rings. The van der Waals surface area contributed by atoms with E-state index in [0.717, 1.165) is 23.6 Å². The van der Waals surface area contributed by atoms with E-state index in [1.165, 1.54) is 0 Å². The van der Waals surface area contributed by atoms with E-state index in [1.54, 1.807) is 13.3 Å². The van der Waals surface area contributed by atoms with Gasteiger partial charge in [0.2, 0.25) is 0 Å². The molecule has 0 aromatic carbocycles. The molecule has 0 fully saturated rings. The second-order valence-corrected chi connectivity index (χ2v) is 3.80. The summed E-state index contributed by atoms with van der Waals surface area (Å²) in [5.41, 5.74) is 7.43. The van der Waals surface area contributed by atoms with Crippen LogP contribution in [0.3, 0.4) is 0 Å². The molecule has 0 amide bonds. The van der Waals surface area contributed by atoms with Crippen LogP contribution < -0.4 is 11.1 Å². The molecule has 0 radical (unpaired) electrons. The highest BCUT2D eigenvalue weighted by Crippen LogP contribution is 2.08. The third-order valence-electron chi connectivity index (χ3n) is 2.43. The van der Waals surface area contributed by atoms with Gasteiger partial charge >= 0.3 is 0 Å². The summed E-state index contributed by atoms with van der Waals surface area (Å²) in [7, 11) is 1.68. The number of ether oxygens (including phenoxy) is 1. The third-order valence-corrected chi connectivity index (χ3v) is 2.43. The van der Waals surface area contributed by atoms with E-state index < -0.39 is 0 Å². The fourth-order valence-corrected chi connectivity index (χ4v) is 1.42. The van der Waals surface area contributed by atoms with Gasteiger partial charge in [-0.3, -0.25) is 4.98 Å². The van der Waals surface area contributed by atoms with Crippen LogP contribution in [0.4, 0.5) is 5.82 Å². The molecule has 3 N–H and O–H groups in total. The number of hydrogen-bond donors (Lipinski definition) is 2. The number of rotatable bonds is 6. The lowest BCUT2D eigenvalue weighted by Gasteiger charge is -2.17. The lowest BCUT2D eigenvalue weighted by atomic mass is 10.2. The lowest BCUT2D eigenvalue weighted by Crippen LogP contribution is -2.28. The number of aryl methyl sites for hydroxylation is 2. The summed E-state index contributed by atoms with van der Waals surface area (Å²) < 4.78 is 5.12. The molecule has 90 valence electrons. The fraction of sp³-hybridized carbons (Fsp3) is 0.636. The van der Waals surface area contributed by atoms with Crippen molar-refractivity contribution in [2.45, 2.75) is 26.3 Å². The summed E-state index contributed by atoms with van der Waals surface area (Å²) in [5, 5.41) is 3.27. The Hall–Kier alpha value is -1.20. The van der Waals surface area contributed by atoms with E-state index in [0.29, 0.717) is 13.2 Å². The van der Waals surface area contributed by atoms with Crippen LogP contribution in [0.15, 0.2) is 6.20 Å². The van der Waals surface area contributed by atoms with Crippen LogP contribution in [-0.2, 0) is 4.74 Å². The molecule has 1 unspecified atom stereocenters. The molecule has 1 heterocycles. The monoisotopic (exact) mass is 224 g/mol. The predicted molar refractivity (Wildman–Crippen MR) is 64.5 cm³/mol. The lowest BCUT2D eigenvalue weighted by molar-refractivity contribution is 0.183. The normalized spacial score (nSPS) is 12.5. The summed E-state index contributed by atoms with van der Waals surface area (Å²) in [6.07, 6.45) is 2.59. The maximum atomic E-state index is 5.54. The Morgan fingerprint density at radius 3 is 2.75 bits per heavy atom. The quantitative estimate of drug-likeness (QED) is 0.750. The van der Waals surface area contributed by atoms with Gasteiger partial charge in [0, 0.05) is 7.11 Å². The highest BCUT2D eigenvalue weighted by Gasteiger charge is 2.08. The number of aromatic nitrogens is 2. The molecule has 16 heavy (non-hydrogen) atoms. The molecular weight excluding hydrogens is 204 g/mol. The van der Waals surface area contributed by atoms with Crippen molar-refractivity contribution in [3.05, 3.63) is 17.6 Å². The summed E-state index contributed by atoms with van der Waals surface area (Å²) in [5.74, 6) is 0.776. The second-order valence-electron chi connectivity index (χ2n) is 3.80. The first-order chi connectivity index (χ1) is 7.67. The van der Waals surface area contributed by atoms with Crippen LogP contribution in [0, 0.1) is 13.8 Å². The van der Waals surface area contributed by atoms with Crippen LogP contribution in [0.1, 0.15) is 17.8 Å². The molecular formula is C11H20N4O. The van der Waals surface area contributed by atoms with Gasteiger partial charge in [-0.2, -0.15) is 0 Å². The van der Waals surface area contributed by atoms with E-state index in [1.807, 2.05) is 13.8 Å². The van der Waals surface area contributed by atoms with Crippen molar-refractivity contribution >= 4 is 5.82 Å². The Labute approximate surface area is 96.4 Å². The molecule has 0 aliphatic rings. The molecule has 0 saturated carbocycles. The van der Waals surface area contributed by atoms with Gasteiger partial charge < -0.3 is 15.8 Å². The molecule has 5 nitrogen and oxygen atoms in total. The molecule has 0 aliphatic heterocycles. The van der Waals surface area contributed by atoms with Gasteiger partial charge in [-0.1, -0.05) is 0 Å². The Morgan fingerprint density at radius 2 is 2.19 bits per heavy atom. The standard InChI is InChI=1S/C11H20N4O/c1-8-9(2)14-11(6-13-8)15-10(4-5-12)7-16-3/h6,10H,4-5,7,12H2,1-3H3,(H,14,15). The predicted octanol–water partition coefficient (Wildman–Crippen LogP) is 0.869. The van der Waals surface area contributed by atoms with Crippen molar-refractivity contribution in [1.29, 1.82) is 0 Å². The first kappa shape index (κ1) is 12.9. The molecule has 0 aliphatic carbocycles. The number of methoxy groups -OCH3 is 1. The van der Waals surface area contributed by atoms with Gasteiger partial charge in [-0.05, 0) is 26.8 Å². The van der Waals surface area contributed by atoms with Crippen LogP contribution in [0.2, 0.25) is 0 Å². The van der Waals surface area contributed by atoms with Crippen molar-refractivity contribution in [2.24, 2.45) is 5.73 Å². The summed E-state index contributed by atoms with van der Waals surface area (Å²) >= 11 is 0. The van der Waals surface area contributed by atoms with Crippen LogP contribution in [0.25, 0.3) is 0 Å². The summed E-state index contributed by atoms with van der Waals surface area (Å²) in [6, 6.07) is 0.186. The van der Waals surface area contributed by atoms with E-state index in [-0.39, 0.29) is 6.04 Å². The van der Waals surface area contributed by atoms with E-state index >= 15 is 0 Å². The van der Waals surface area contributed by atoms with Crippen molar-refractivity contribution in [3.8, 4) is 0 Å². The topological polar surface area (TPSA) is 73.1 Å². The Kier molecular flexibility index (Phi) is 5.14. The second kappa shape index (κ2) is 6.40. The SMILES string of the molecule is COCC(CCN)Nc1cnc(C)c(C)n1. The molecule has 5 heteroatoms. The average molecular weight is 224 g/mol. The van der Waals surface area contributed by atoms with E-state index in [4.69, 9.17) is 10.5 Å². The number of hydrogen-bond acceptors (Lipinski definition) is 5. The van der Waals surface area contributed by atoms with E-state index in [9.17, 15) is 0 Å². The van der Waals surface area contributed by atoms with Crippen molar-refractivity contribution in [3.63, 3.8) is 0 Å². The van der Waals surface area contributed by atoms with E-state index in [2.05, 4.69) is 15.3 Å². The Bertz CT molecular complexity index is 324. The molecule has 1 rings (SSSR count). The first-order valence-electron chi connectivity index (χ1n) is 5.43. The number of nitrogens with zero attached hydrogens (tertiary/aromatic N) is 2. The fourth-order valence-electron chi connectivity index (χ4n) is 1.42. The highest BCUT2D eigenvalue weighted by molar-refractivity contribution is 5.34.